The molecule has 1 atom stereocenters. The Balaban J connectivity index is 1.51. The smallest absolute Gasteiger partial charge is 0.230 e. The van der Waals surface area contributed by atoms with Crippen LogP contribution in [0.5, 0.6) is 5.75 Å². The topological polar surface area (TPSA) is 95.1 Å². The first-order chi connectivity index (χ1) is 12.4. The fourth-order valence-corrected chi connectivity index (χ4v) is 3.43. The molecule has 1 fully saturated rings. The van der Waals surface area contributed by atoms with Crippen molar-refractivity contribution in [1.82, 2.24) is 20.2 Å². The third-order valence-corrected chi connectivity index (χ3v) is 5.42. The summed E-state index contributed by atoms with van der Waals surface area (Å²) < 4.78 is 7.17. The molecule has 0 spiro atoms. The number of carbonyl (C=O) groups is 1. The molecule has 0 aliphatic heterocycles. The van der Waals surface area contributed by atoms with Crippen LogP contribution in [0.1, 0.15) is 36.7 Å². The normalized spacial score (nSPS) is 14.9. The summed E-state index contributed by atoms with van der Waals surface area (Å²) in [4.78, 5) is 12.0. The highest BCUT2D eigenvalue weighted by atomic mass is 32.2. The molecular formula is C18H25N5O2S. The van der Waals surface area contributed by atoms with E-state index < -0.39 is 0 Å². The summed E-state index contributed by atoms with van der Waals surface area (Å²) in [5, 5.41) is 11.6. The predicted octanol–water partition coefficient (Wildman–Crippen LogP) is 2.19. The van der Waals surface area contributed by atoms with E-state index in [1.54, 1.807) is 0 Å². The number of carbonyl (C=O) groups excluding carboxylic acids is 1. The molecule has 8 heteroatoms. The van der Waals surface area contributed by atoms with Gasteiger partial charge in [0.25, 0.3) is 0 Å². The molecule has 7 nitrogen and oxygen atoms in total. The first kappa shape index (κ1) is 18.6. The Morgan fingerprint density at radius 2 is 2.19 bits per heavy atom. The molecule has 140 valence electrons. The van der Waals surface area contributed by atoms with Crippen LogP contribution >= 0.6 is 11.8 Å². The van der Waals surface area contributed by atoms with E-state index >= 15 is 0 Å². The number of nitrogen functional groups attached to an aromatic ring is 1. The van der Waals surface area contributed by atoms with Gasteiger partial charge in [-0.05, 0) is 51.2 Å². The van der Waals surface area contributed by atoms with Gasteiger partial charge >= 0.3 is 0 Å². The number of rotatable bonds is 8. The fourth-order valence-electron chi connectivity index (χ4n) is 2.75. The van der Waals surface area contributed by atoms with Crippen molar-refractivity contribution in [3.63, 3.8) is 0 Å². The largest absolute Gasteiger partial charge is 0.485 e. The number of amides is 1. The lowest BCUT2D eigenvalue weighted by atomic mass is 10.1. The van der Waals surface area contributed by atoms with Gasteiger partial charge in [-0.25, -0.2) is 4.68 Å². The van der Waals surface area contributed by atoms with E-state index in [0.29, 0.717) is 16.9 Å². The maximum atomic E-state index is 12.0. The van der Waals surface area contributed by atoms with Crippen LogP contribution in [0.4, 0.5) is 0 Å². The summed E-state index contributed by atoms with van der Waals surface area (Å²) >= 11 is 1.27. The molecule has 1 amide bonds. The summed E-state index contributed by atoms with van der Waals surface area (Å²) in [5.74, 6) is 8.24. The summed E-state index contributed by atoms with van der Waals surface area (Å²) in [5.41, 5.74) is 2.24. The second kappa shape index (κ2) is 7.99. The minimum atomic E-state index is -0.00881. The lowest BCUT2D eigenvalue weighted by molar-refractivity contribution is -0.119. The Hall–Kier alpha value is -2.22. The van der Waals surface area contributed by atoms with E-state index in [0.717, 1.165) is 11.3 Å². The van der Waals surface area contributed by atoms with Gasteiger partial charge in [0.2, 0.25) is 11.1 Å². The molecule has 1 aliphatic carbocycles. The van der Waals surface area contributed by atoms with Crippen LogP contribution < -0.4 is 15.9 Å². The van der Waals surface area contributed by atoms with E-state index in [1.165, 1.54) is 34.8 Å². The number of hydrogen-bond acceptors (Lipinski definition) is 6. The van der Waals surface area contributed by atoms with Crippen LogP contribution in [0.15, 0.2) is 23.4 Å². The van der Waals surface area contributed by atoms with Crippen molar-refractivity contribution >= 4 is 17.7 Å². The Morgan fingerprint density at radius 3 is 2.88 bits per heavy atom. The fraction of sp³-hybridized carbons (Fsp3) is 0.500. The third kappa shape index (κ3) is 4.69. The Bertz CT molecular complexity index is 788. The Morgan fingerprint density at radius 1 is 1.42 bits per heavy atom. The van der Waals surface area contributed by atoms with Crippen LogP contribution in [-0.4, -0.2) is 32.6 Å². The monoisotopic (exact) mass is 375 g/mol. The molecule has 1 saturated carbocycles. The summed E-state index contributed by atoms with van der Waals surface area (Å²) in [6.07, 6.45) is 2.41. The van der Waals surface area contributed by atoms with Gasteiger partial charge in [-0.2, -0.15) is 0 Å². The van der Waals surface area contributed by atoms with E-state index in [2.05, 4.69) is 21.6 Å². The average molecular weight is 375 g/mol. The van der Waals surface area contributed by atoms with Gasteiger partial charge in [-0.1, -0.05) is 29.5 Å². The molecule has 1 aromatic carbocycles. The number of aryl methyl sites for hydroxylation is 2. The SMILES string of the molecule is Cc1ccc(OCc2nnc(SCC(=O)N[C@H](C)C3CC3)n2N)c(C)c1. The Labute approximate surface area is 157 Å². The highest BCUT2D eigenvalue weighted by Crippen LogP contribution is 2.32. The zero-order valence-electron chi connectivity index (χ0n) is 15.4. The molecule has 3 rings (SSSR count). The highest BCUT2D eigenvalue weighted by Gasteiger charge is 2.28. The maximum absolute atomic E-state index is 12.0. The summed E-state index contributed by atoms with van der Waals surface area (Å²) in [6.45, 7) is 6.31. The summed E-state index contributed by atoms with van der Waals surface area (Å²) in [7, 11) is 0. The number of thioether (sulfide) groups is 1. The van der Waals surface area contributed by atoms with Crippen LogP contribution in [0.3, 0.4) is 0 Å². The predicted molar refractivity (Wildman–Crippen MR) is 101 cm³/mol. The van der Waals surface area contributed by atoms with E-state index in [-0.39, 0.29) is 24.3 Å². The molecule has 0 saturated heterocycles. The summed E-state index contributed by atoms with van der Waals surface area (Å²) in [6, 6.07) is 6.23. The van der Waals surface area contributed by atoms with Gasteiger partial charge in [0.15, 0.2) is 5.82 Å². The molecular weight excluding hydrogens is 350 g/mol. The lowest BCUT2D eigenvalue weighted by Crippen LogP contribution is -2.35. The van der Waals surface area contributed by atoms with Crippen molar-refractivity contribution in [3.05, 3.63) is 35.2 Å². The van der Waals surface area contributed by atoms with Crippen LogP contribution in [0, 0.1) is 19.8 Å². The van der Waals surface area contributed by atoms with E-state index in [9.17, 15) is 4.79 Å². The van der Waals surface area contributed by atoms with Crippen molar-refractivity contribution in [3.8, 4) is 5.75 Å². The molecule has 0 radical (unpaired) electrons. The molecule has 1 heterocycles. The Kier molecular flexibility index (Phi) is 5.70. The number of benzene rings is 1. The standard InChI is InChI=1S/C18H25N5O2S/c1-11-4-7-15(12(2)8-11)25-9-16-21-22-18(23(16)19)26-10-17(24)20-13(3)14-5-6-14/h4,7-8,13-14H,5-6,9-10,19H2,1-3H3,(H,20,24)/t13-/m1/s1. The first-order valence-electron chi connectivity index (χ1n) is 8.75. The molecule has 3 N–H and O–H groups in total. The van der Waals surface area contributed by atoms with Crippen molar-refractivity contribution in [2.24, 2.45) is 5.92 Å². The second-order valence-corrected chi connectivity index (χ2v) is 7.75. The van der Waals surface area contributed by atoms with Crippen LogP contribution in [-0.2, 0) is 11.4 Å². The first-order valence-corrected chi connectivity index (χ1v) is 9.74. The van der Waals surface area contributed by atoms with Crippen molar-refractivity contribution in [2.45, 2.75) is 51.4 Å². The van der Waals surface area contributed by atoms with Gasteiger partial charge in [-0.3, -0.25) is 4.79 Å². The zero-order chi connectivity index (χ0) is 18.7. The molecule has 0 unspecified atom stereocenters. The maximum Gasteiger partial charge on any atom is 0.230 e. The van der Waals surface area contributed by atoms with Crippen molar-refractivity contribution in [1.29, 1.82) is 0 Å². The van der Waals surface area contributed by atoms with Gasteiger partial charge < -0.3 is 15.9 Å². The molecule has 1 aliphatic rings. The number of hydrogen-bond donors (Lipinski definition) is 2. The van der Waals surface area contributed by atoms with Crippen molar-refractivity contribution < 1.29 is 9.53 Å². The number of nitrogens with one attached hydrogen (secondary N) is 1. The lowest BCUT2D eigenvalue weighted by Gasteiger charge is -2.12. The van der Waals surface area contributed by atoms with Crippen LogP contribution in [0.2, 0.25) is 0 Å². The number of nitrogens with zero attached hydrogens (tertiary/aromatic N) is 3. The molecule has 2 aromatic rings. The molecule has 1 aromatic heterocycles. The minimum Gasteiger partial charge on any atom is -0.485 e. The molecule has 0 bridgehead atoms. The second-order valence-electron chi connectivity index (χ2n) is 6.81. The van der Waals surface area contributed by atoms with E-state index in [4.69, 9.17) is 10.6 Å². The molecule has 26 heavy (non-hydrogen) atoms. The number of ether oxygens (including phenoxy) is 1. The highest BCUT2D eigenvalue weighted by molar-refractivity contribution is 7.99. The zero-order valence-corrected chi connectivity index (χ0v) is 16.2. The van der Waals surface area contributed by atoms with Crippen molar-refractivity contribution in [2.75, 3.05) is 11.6 Å². The van der Waals surface area contributed by atoms with Gasteiger partial charge in [0, 0.05) is 6.04 Å². The van der Waals surface area contributed by atoms with E-state index in [1.807, 2.05) is 32.9 Å². The number of nitrogens with two attached hydrogens (primary N) is 1. The van der Waals surface area contributed by atoms with Crippen LogP contribution in [0.25, 0.3) is 0 Å². The third-order valence-electron chi connectivity index (χ3n) is 4.47. The number of aromatic nitrogens is 3. The quantitative estimate of drug-likeness (QED) is 0.542. The van der Waals surface area contributed by atoms with Gasteiger partial charge in [-0.15, -0.1) is 10.2 Å². The minimum absolute atomic E-state index is 0.00881. The average Bonchev–Trinajstić information content (AvgIpc) is 3.38. The van der Waals surface area contributed by atoms with Gasteiger partial charge in [0.1, 0.15) is 12.4 Å². The van der Waals surface area contributed by atoms with Gasteiger partial charge in [0.05, 0.1) is 5.75 Å².